The van der Waals surface area contributed by atoms with Gasteiger partial charge in [-0.25, -0.2) is 4.68 Å². The van der Waals surface area contributed by atoms with E-state index in [-0.39, 0.29) is 5.56 Å². The molecule has 106 valence electrons. The molecule has 0 aliphatic carbocycles. The highest BCUT2D eigenvalue weighted by atomic mass is 16.5. The maximum atomic E-state index is 12.2. The molecule has 0 fully saturated rings. The minimum atomic E-state index is -0.176. The molecular formula is C15H14N4O2. The third kappa shape index (κ3) is 2.69. The Balaban J connectivity index is 1.76. The first-order chi connectivity index (χ1) is 10.3. The Morgan fingerprint density at radius 2 is 1.86 bits per heavy atom. The number of nitrogens with two attached hydrogens (primary N) is 1. The highest BCUT2D eigenvalue weighted by Crippen LogP contribution is 2.19. The van der Waals surface area contributed by atoms with Crippen LogP contribution in [0.4, 0.5) is 5.69 Å². The van der Waals surface area contributed by atoms with E-state index >= 15 is 0 Å². The van der Waals surface area contributed by atoms with Crippen LogP contribution in [0.15, 0.2) is 53.3 Å². The van der Waals surface area contributed by atoms with Gasteiger partial charge in [0.25, 0.3) is 5.56 Å². The van der Waals surface area contributed by atoms with Gasteiger partial charge in [0.15, 0.2) is 0 Å². The van der Waals surface area contributed by atoms with E-state index in [1.54, 1.807) is 30.3 Å². The monoisotopic (exact) mass is 282 g/mol. The van der Waals surface area contributed by atoms with E-state index in [1.165, 1.54) is 4.68 Å². The third-order valence-corrected chi connectivity index (χ3v) is 3.11. The predicted octanol–water partition coefficient (Wildman–Crippen LogP) is 1.45. The summed E-state index contributed by atoms with van der Waals surface area (Å²) in [6, 6.07) is 14.3. The topological polar surface area (TPSA) is 83.0 Å². The molecule has 6 nitrogen and oxygen atoms in total. The zero-order valence-corrected chi connectivity index (χ0v) is 11.3. The summed E-state index contributed by atoms with van der Waals surface area (Å²) in [5.41, 5.74) is 6.76. The fraction of sp³-hybridized carbons (Fsp3) is 0.133. The highest BCUT2D eigenvalue weighted by Gasteiger charge is 2.05. The standard InChI is InChI=1S/C15H14N4O2/c16-12-6-2-4-8-14(12)21-10-9-19-15(20)11-5-1-3-7-13(11)17-18-19/h1-8H,9-10,16H2. The first-order valence-corrected chi connectivity index (χ1v) is 6.55. The summed E-state index contributed by atoms with van der Waals surface area (Å²) in [6.07, 6.45) is 0. The van der Waals surface area contributed by atoms with Crippen LogP contribution in [0.5, 0.6) is 5.75 Å². The number of nitrogen functional groups attached to an aromatic ring is 1. The molecule has 6 heteroatoms. The maximum Gasteiger partial charge on any atom is 0.277 e. The van der Waals surface area contributed by atoms with Gasteiger partial charge in [0.05, 0.1) is 17.6 Å². The van der Waals surface area contributed by atoms with Gasteiger partial charge in [-0.05, 0) is 24.3 Å². The van der Waals surface area contributed by atoms with Crippen molar-refractivity contribution in [1.29, 1.82) is 0 Å². The molecule has 0 saturated carbocycles. The van der Waals surface area contributed by atoms with Gasteiger partial charge in [-0.2, -0.15) is 0 Å². The third-order valence-electron chi connectivity index (χ3n) is 3.11. The van der Waals surface area contributed by atoms with Gasteiger partial charge in [0, 0.05) is 0 Å². The largest absolute Gasteiger partial charge is 0.489 e. The summed E-state index contributed by atoms with van der Waals surface area (Å²) in [4.78, 5) is 12.2. The van der Waals surface area contributed by atoms with Crippen molar-refractivity contribution >= 4 is 16.6 Å². The number of ether oxygens (including phenoxy) is 1. The van der Waals surface area contributed by atoms with Crippen LogP contribution in [-0.2, 0) is 6.54 Å². The molecule has 0 aliphatic heterocycles. The van der Waals surface area contributed by atoms with Crippen LogP contribution in [0.1, 0.15) is 0 Å². The quantitative estimate of drug-likeness (QED) is 0.732. The van der Waals surface area contributed by atoms with Gasteiger partial charge in [-0.3, -0.25) is 4.79 Å². The Morgan fingerprint density at radius 1 is 1.10 bits per heavy atom. The molecule has 0 saturated heterocycles. The number of hydrogen-bond acceptors (Lipinski definition) is 5. The minimum absolute atomic E-state index is 0.176. The number of fused-ring (bicyclic) bond motifs is 1. The predicted molar refractivity (Wildman–Crippen MR) is 80.1 cm³/mol. The molecule has 0 aliphatic rings. The molecule has 21 heavy (non-hydrogen) atoms. The van der Waals surface area contributed by atoms with E-state index in [0.717, 1.165) is 0 Å². The second-order valence-electron chi connectivity index (χ2n) is 4.52. The number of anilines is 1. The summed E-state index contributed by atoms with van der Waals surface area (Å²) in [7, 11) is 0. The van der Waals surface area contributed by atoms with Crippen LogP contribution in [0.3, 0.4) is 0 Å². The van der Waals surface area contributed by atoms with Crippen molar-refractivity contribution in [3.8, 4) is 5.75 Å². The maximum absolute atomic E-state index is 12.2. The number of benzene rings is 2. The summed E-state index contributed by atoms with van der Waals surface area (Å²) >= 11 is 0. The van der Waals surface area contributed by atoms with Crippen LogP contribution < -0.4 is 16.0 Å². The Morgan fingerprint density at radius 3 is 2.71 bits per heavy atom. The highest BCUT2D eigenvalue weighted by molar-refractivity contribution is 5.76. The normalized spacial score (nSPS) is 10.7. The fourth-order valence-electron chi connectivity index (χ4n) is 2.02. The Kier molecular flexibility index (Phi) is 3.51. The molecule has 0 bridgehead atoms. The molecule has 0 spiro atoms. The Labute approximate surface area is 120 Å². The molecule has 3 aromatic rings. The van der Waals surface area contributed by atoms with Crippen LogP contribution >= 0.6 is 0 Å². The molecule has 2 N–H and O–H groups in total. The van der Waals surface area contributed by atoms with Crippen molar-refractivity contribution in [2.75, 3.05) is 12.3 Å². The molecule has 0 amide bonds. The van der Waals surface area contributed by atoms with E-state index < -0.39 is 0 Å². The number of aromatic nitrogens is 3. The Bertz CT molecular complexity index is 829. The molecule has 0 radical (unpaired) electrons. The summed E-state index contributed by atoms with van der Waals surface area (Å²) in [5.74, 6) is 0.597. The van der Waals surface area contributed by atoms with E-state index in [4.69, 9.17) is 10.5 Å². The zero-order valence-electron chi connectivity index (χ0n) is 11.3. The molecule has 1 aromatic heterocycles. The molecule has 1 heterocycles. The van der Waals surface area contributed by atoms with Gasteiger partial charge in [-0.15, -0.1) is 5.10 Å². The van der Waals surface area contributed by atoms with E-state index in [2.05, 4.69) is 10.3 Å². The van der Waals surface area contributed by atoms with Crippen LogP contribution in [-0.4, -0.2) is 21.6 Å². The second-order valence-corrected chi connectivity index (χ2v) is 4.52. The lowest BCUT2D eigenvalue weighted by Gasteiger charge is -2.09. The summed E-state index contributed by atoms with van der Waals surface area (Å²) < 4.78 is 6.85. The lowest BCUT2D eigenvalue weighted by atomic mass is 10.2. The van der Waals surface area contributed by atoms with Crippen LogP contribution in [0.2, 0.25) is 0 Å². The average molecular weight is 282 g/mol. The number of rotatable bonds is 4. The SMILES string of the molecule is Nc1ccccc1OCCn1nnc2ccccc2c1=O. The molecule has 3 rings (SSSR count). The van der Waals surface area contributed by atoms with Gasteiger partial charge in [0.1, 0.15) is 17.9 Å². The van der Waals surface area contributed by atoms with Gasteiger partial charge in [-0.1, -0.05) is 29.5 Å². The fourth-order valence-corrected chi connectivity index (χ4v) is 2.02. The summed E-state index contributed by atoms with van der Waals surface area (Å²) in [6.45, 7) is 0.603. The van der Waals surface area contributed by atoms with E-state index in [0.29, 0.717) is 35.5 Å². The van der Waals surface area contributed by atoms with Gasteiger partial charge < -0.3 is 10.5 Å². The Hall–Kier alpha value is -2.89. The smallest absolute Gasteiger partial charge is 0.277 e. The second kappa shape index (κ2) is 5.62. The van der Waals surface area contributed by atoms with E-state index in [1.807, 2.05) is 18.2 Å². The minimum Gasteiger partial charge on any atom is -0.489 e. The first-order valence-electron chi connectivity index (χ1n) is 6.55. The van der Waals surface area contributed by atoms with Crippen molar-refractivity contribution in [2.45, 2.75) is 6.54 Å². The lowest BCUT2D eigenvalue weighted by Crippen LogP contribution is -2.26. The lowest BCUT2D eigenvalue weighted by molar-refractivity contribution is 0.287. The summed E-state index contributed by atoms with van der Waals surface area (Å²) in [5, 5.41) is 8.47. The zero-order chi connectivity index (χ0) is 14.7. The molecule has 2 aromatic carbocycles. The van der Waals surface area contributed by atoms with Crippen molar-refractivity contribution in [3.05, 3.63) is 58.9 Å². The molecular weight excluding hydrogens is 268 g/mol. The first kappa shape index (κ1) is 13.1. The van der Waals surface area contributed by atoms with Gasteiger partial charge in [0.2, 0.25) is 0 Å². The van der Waals surface area contributed by atoms with Crippen molar-refractivity contribution < 1.29 is 4.74 Å². The van der Waals surface area contributed by atoms with Crippen molar-refractivity contribution in [2.24, 2.45) is 0 Å². The molecule has 0 atom stereocenters. The number of nitrogens with zero attached hydrogens (tertiary/aromatic N) is 3. The molecule has 0 unspecified atom stereocenters. The van der Waals surface area contributed by atoms with Crippen LogP contribution in [0, 0.1) is 0 Å². The van der Waals surface area contributed by atoms with Crippen molar-refractivity contribution in [3.63, 3.8) is 0 Å². The number of hydrogen-bond donors (Lipinski definition) is 1. The average Bonchev–Trinajstić information content (AvgIpc) is 2.52. The van der Waals surface area contributed by atoms with E-state index in [9.17, 15) is 4.79 Å². The van der Waals surface area contributed by atoms with Crippen molar-refractivity contribution in [1.82, 2.24) is 15.0 Å². The number of para-hydroxylation sites is 2. The van der Waals surface area contributed by atoms with Gasteiger partial charge >= 0.3 is 0 Å². The van der Waals surface area contributed by atoms with Crippen LogP contribution in [0.25, 0.3) is 10.9 Å².